The molecule has 0 aliphatic carbocycles. The van der Waals surface area contributed by atoms with Crippen molar-refractivity contribution in [2.45, 2.75) is 11.5 Å². The van der Waals surface area contributed by atoms with Crippen LogP contribution in [0.15, 0.2) is 42.5 Å². The van der Waals surface area contributed by atoms with Crippen LogP contribution in [0.1, 0.15) is 11.3 Å². The van der Waals surface area contributed by atoms with Crippen LogP contribution < -0.4 is 10.1 Å². The number of anilines is 1. The summed E-state index contributed by atoms with van der Waals surface area (Å²) in [5.74, 6) is -0.972. The summed E-state index contributed by atoms with van der Waals surface area (Å²) in [5.41, 5.74) is 1.22. The first kappa shape index (κ1) is 20.6. The average molecular weight is 470 g/mol. The summed E-state index contributed by atoms with van der Waals surface area (Å²) in [5, 5.41) is 7.63. The van der Waals surface area contributed by atoms with Crippen molar-refractivity contribution < 1.29 is 22.3 Å². The molecule has 1 aliphatic heterocycles. The smallest absolute Gasteiger partial charge is 0.263 e. The molecule has 156 valence electrons. The van der Waals surface area contributed by atoms with Gasteiger partial charge in [0.15, 0.2) is 16.4 Å². The van der Waals surface area contributed by atoms with E-state index in [1.807, 2.05) is 0 Å². The van der Waals surface area contributed by atoms with Crippen LogP contribution in [-0.4, -0.2) is 30.7 Å². The predicted octanol–water partition coefficient (Wildman–Crippen LogP) is 3.76. The highest BCUT2D eigenvalue weighted by molar-refractivity contribution is 7.90. The summed E-state index contributed by atoms with van der Waals surface area (Å²) in [6.45, 7) is -0.378. The predicted molar refractivity (Wildman–Crippen MR) is 110 cm³/mol. The number of nitrogens with one attached hydrogen (secondary N) is 1. The fourth-order valence-corrected chi connectivity index (χ4v) is 5.00. The molecule has 1 aliphatic rings. The van der Waals surface area contributed by atoms with Crippen molar-refractivity contribution in [3.05, 3.63) is 69.6 Å². The van der Waals surface area contributed by atoms with Crippen LogP contribution in [-0.2, 0) is 26.1 Å². The Morgan fingerprint density at radius 3 is 2.60 bits per heavy atom. The second-order valence-corrected chi connectivity index (χ2v) is 9.51. The lowest BCUT2D eigenvalue weighted by molar-refractivity contribution is -0.118. The lowest BCUT2D eigenvalue weighted by atomic mass is 10.2. The van der Waals surface area contributed by atoms with Crippen LogP contribution in [0, 0.1) is 5.82 Å². The third-order valence-electron chi connectivity index (χ3n) is 4.37. The number of amides is 1. The maximum atomic E-state index is 13.3. The van der Waals surface area contributed by atoms with Gasteiger partial charge in [-0.25, -0.2) is 17.5 Å². The highest BCUT2D eigenvalue weighted by Gasteiger charge is 2.33. The number of carbonyl (C=O) groups excluding carboxylic acids is 1. The number of benzene rings is 2. The van der Waals surface area contributed by atoms with Gasteiger partial charge in [-0.3, -0.25) is 4.79 Å². The van der Waals surface area contributed by atoms with Crippen molar-refractivity contribution >= 4 is 44.8 Å². The summed E-state index contributed by atoms with van der Waals surface area (Å²) in [6.07, 6.45) is 0. The van der Waals surface area contributed by atoms with Gasteiger partial charge in [0, 0.05) is 10.6 Å². The molecule has 0 saturated carbocycles. The van der Waals surface area contributed by atoms with Gasteiger partial charge < -0.3 is 10.1 Å². The van der Waals surface area contributed by atoms with Gasteiger partial charge in [0.05, 0.1) is 27.9 Å². The number of halogens is 3. The summed E-state index contributed by atoms with van der Waals surface area (Å²) < 4.78 is 44.1. The SMILES string of the molecule is O=C(COc1ccc(Cl)cc1Cl)Nc1c2c(nn1-c1ccc(F)cc1)CS(=O)(=O)C2. The molecule has 0 fully saturated rings. The molecule has 4 rings (SSSR count). The van der Waals surface area contributed by atoms with Crippen LogP contribution in [0.5, 0.6) is 5.75 Å². The third kappa shape index (κ3) is 4.28. The minimum absolute atomic E-state index is 0.202. The minimum Gasteiger partial charge on any atom is -0.482 e. The molecule has 0 radical (unpaired) electrons. The van der Waals surface area contributed by atoms with Gasteiger partial charge >= 0.3 is 0 Å². The molecule has 3 aromatic rings. The normalized spacial score (nSPS) is 14.4. The highest BCUT2D eigenvalue weighted by Crippen LogP contribution is 2.33. The zero-order valence-electron chi connectivity index (χ0n) is 15.2. The summed E-state index contributed by atoms with van der Waals surface area (Å²) >= 11 is 11.9. The van der Waals surface area contributed by atoms with Crippen LogP contribution in [0.2, 0.25) is 10.0 Å². The number of rotatable bonds is 5. The highest BCUT2D eigenvalue weighted by atomic mass is 35.5. The van der Waals surface area contributed by atoms with E-state index in [2.05, 4.69) is 10.4 Å². The van der Waals surface area contributed by atoms with Crippen LogP contribution in [0.25, 0.3) is 5.69 Å². The van der Waals surface area contributed by atoms with E-state index >= 15 is 0 Å². The molecule has 2 aromatic carbocycles. The Labute approximate surface area is 181 Å². The second-order valence-electron chi connectivity index (χ2n) is 6.61. The number of carbonyl (C=O) groups is 1. The van der Waals surface area contributed by atoms with Gasteiger partial charge in [-0.2, -0.15) is 5.10 Å². The number of sulfone groups is 1. The van der Waals surface area contributed by atoms with E-state index in [1.54, 1.807) is 6.07 Å². The fraction of sp³-hybridized carbons (Fsp3) is 0.158. The second kappa shape index (κ2) is 7.90. The van der Waals surface area contributed by atoms with Crippen molar-refractivity contribution in [2.24, 2.45) is 0 Å². The molecule has 0 saturated heterocycles. The first-order valence-corrected chi connectivity index (χ1v) is 11.2. The van der Waals surface area contributed by atoms with Crippen molar-refractivity contribution in [1.82, 2.24) is 9.78 Å². The molecule has 0 unspecified atom stereocenters. The molecule has 0 spiro atoms. The van der Waals surface area contributed by atoms with E-state index in [4.69, 9.17) is 27.9 Å². The fourth-order valence-electron chi connectivity index (χ4n) is 3.04. The van der Waals surface area contributed by atoms with Gasteiger partial charge in [-0.05, 0) is 42.5 Å². The van der Waals surface area contributed by atoms with E-state index < -0.39 is 21.6 Å². The Bertz CT molecular complexity index is 1240. The lowest BCUT2D eigenvalue weighted by Crippen LogP contribution is -2.23. The quantitative estimate of drug-likeness (QED) is 0.614. The standard InChI is InChI=1S/C19H14Cl2FN3O4S/c20-11-1-6-17(15(21)7-11)29-8-18(26)23-19-14-9-30(27,28)10-16(14)24-25(19)13-4-2-12(22)3-5-13/h1-7H,8-10H2,(H,23,26). The Morgan fingerprint density at radius 2 is 1.90 bits per heavy atom. The van der Waals surface area contributed by atoms with Gasteiger partial charge in [0.1, 0.15) is 17.4 Å². The Hall–Kier alpha value is -2.62. The first-order valence-electron chi connectivity index (χ1n) is 8.67. The molecular formula is C19H14Cl2FN3O4S. The van der Waals surface area contributed by atoms with Crippen LogP contribution in [0.3, 0.4) is 0 Å². The third-order valence-corrected chi connectivity index (χ3v) is 6.34. The number of aromatic nitrogens is 2. The topological polar surface area (TPSA) is 90.3 Å². The molecule has 1 aromatic heterocycles. The van der Waals surface area contributed by atoms with Crippen molar-refractivity contribution in [3.63, 3.8) is 0 Å². The Morgan fingerprint density at radius 1 is 1.17 bits per heavy atom. The van der Waals surface area contributed by atoms with Crippen LogP contribution >= 0.6 is 23.2 Å². The minimum atomic E-state index is -3.34. The summed E-state index contributed by atoms with van der Waals surface area (Å²) in [7, 11) is -3.34. The monoisotopic (exact) mass is 469 g/mol. The molecule has 11 heteroatoms. The zero-order chi connectivity index (χ0) is 21.5. The van der Waals surface area contributed by atoms with E-state index in [9.17, 15) is 17.6 Å². The molecule has 7 nitrogen and oxygen atoms in total. The Kier molecular flexibility index (Phi) is 5.44. The zero-order valence-corrected chi connectivity index (χ0v) is 17.6. The summed E-state index contributed by atoms with van der Waals surface area (Å²) in [4.78, 5) is 12.5. The van der Waals surface area contributed by atoms with Crippen LogP contribution in [0.4, 0.5) is 10.2 Å². The molecule has 30 heavy (non-hydrogen) atoms. The van der Waals surface area contributed by atoms with E-state index in [-0.39, 0.29) is 34.7 Å². The average Bonchev–Trinajstić information content (AvgIpc) is 3.14. The molecular weight excluding hydrogens is 456 g/mol. The maximum absolute atomic E-state index is 13.3. The summed E-state index contributed by atoms with van der Waals surface area (Å²) in [6, 6.07) is 10.0. The maximum Gasteiger partial charge on any atom is 0.263 e. The number of hydrogen-bond acceptors (Lipinski definition) is 5. The van der Waals surface area contributed by atoms with E-state index in [1.165, 1.54) is 41.1 Å². The van der Waals surface area contributed by atoms with E-state index in [0.717, 1.165) is 0 Å². The molecule has 1 amide bonds. The van der Waals surface area contributed by atoms with Gasteiger partial charge in [-0.1, -0.05) is 23.2 Å². The molecule has 0 bridgehead atoms. The Balaban J connectivity index is 1.59. The largest absolute Gasteiger partial charge is 0.482 e. The van der Waals surface area contributed by atoms with Gasteiger partial charge in [0.2, 0.25) is 0 Å². The van der Waals surface area contributed by atoms with Crippen molar-refractivity contribution in [3.8, 4) is 11.4 Å². The lowest BCUT2D eigenvalue weighted by Gasteiger charge is -2.12. The van der Waals surface area contributed by atoms with Gasteiger partial charge in [-0.15, -0.1) is 0 Å². The number of hydrogen-bond donors (Lipinski definition) is 1. The molecule has 0 atom stereocenters. The number of nitrogens with zero attached hydrogens (tertiary/aromatic N) is 2. The number of ether oxygens (including phenoxy) is 1. The molecule has 1 N–H and O–H groups in total. The van der Waals surface area contributed by atoms with E-state index in [0.29, 0.717) is 22.0 Å². The van der Waals surface area contributed by atoms with Crippen molar-refractivity contribution in [2.75, 3.05) is 11.9 Å². The van der Waals surface area contributed by atoms with Gasteiger partial charge in [0.25, 0.3) is 5.91 Å². The van der Waals surface area contributed by atoms with Crippen molar-refractivity contribution in [1.29, 1.82) is 0 Å². The molecule has 2 heterocycles. The number of fused-ring (bicyclic) bond motifs is 1. The first-order chi connectivity index (χ1) is 14.2.